The van der Waals surface area contributed by atoms with Crippen molar-refractivity contribution in [3.63, 3.8) is 0 Å². The van der Waals surface area contributed by atoms with Crippen molar-refractivity contribution in [1.82, 2.24) is 0 Å². The number of rotatable bonds is 7. The third-order valence-electron chi connectivity index (χ3n) is 3.60. The van der Waals surface area contributed by atoms with E-state index >= 15 is 0 Å². The number of aliphatic hydroxyl groups excluding tert-OH is 1. The first-order valence-corrected chi connectivity index (χ1v) is 6.60. The summed E-state index contributed by atoms with van der Waals surface area (Å²) in [5, 5.41) is 13.2. The highest BCUT2D eigenvalue weighted by Gasteiger charge is 2.28. The molecule has 0 aliphatic carbocycles. The summed E-state index contributed by atoms with van der Waals surface area (Å²) in [6, 6.07) is 10.1. The molecule has 0 amide bonds. The van der Waals surface area contributed by atoms with E-state index in [0.29, 0.717) is 5.92 Å². The number of hydrogen-bond donors (Lipinski definition) is 2. The minimum atomic E-state index is -0.184. The molecule has 1 rings (SSSR count). The Hall–Kier alpha value is -1.02. The molecule has 0 saturated carbocycles. The van der Waals surface area contributed by atoms with E-state index in [1.54, 1.807) is 0 Å². The van der Waals surface area contributed by atoms with Crippen LogP contribution >= 0.6 is 0 Å². The van der Waals surface area contributed by atoms with Crippen LogP contribution in [0.2, 0.25) is 0 Å². The van der Waals surface area contributed by atoms with Crippen molar-refractivity contribution in [3.8, 4) is 0 Å². The van der Waals surface area contributed by atoms with Gasteiger partial charge >= 0.3 is 0 Å². The fourth-order valence-electron chi connectivity index (χ4n) is 2.14. The Labute approximate surface area is 105 Å². The molecular formula is C15H25NO. The third-order valence-corrected chi connectivity index (χ3v) is 3.60. The average Bonchev–Trinajstić information content (AvgIpc) is 2.39. The second kappa shape index (κ2) is 6.65. The van der Waals surface area contributed by atoms with Crippen molar-refractivity contribution >= 4 is 5.69 Å². The predicted molar refractivity (Wildman–Crippen MR) is 74.2 cm³/mol. The third kappa shape index (κ3) is 4.04. The lowest BCUT2D eigenvalue weighted by Crippen LogP contribution is -2.43. The van der Waals surface area contributed by atoms with Gasteiger partial charge in [-0.1, -0.05) is 45.4 Å². The second-order valence-corrected chi connectivity index (χ2v) is 5.00. The lowest BCUT2D eigenvalue weighted by molar-refractivity contribution is 0.181. The van der Waals surface area contributed by atoms with Crippen molar-refractivity contribution in [2.45, 2.75) is 45.6 Å². The monoisotopic (exact) mass is 235 g/mol. The number of hydrogen-bond acceptors (Lipinski definition) is 2. The van der Waals surface area contributed by atoms with Crippen molar-refractivity contribution < 1.29 is 5.11 Å². The number of benzene rings is 1. The van der Waals surface area contributed by atoms with Gasteiger partial charge in [0.15, 0.2) is 0 Å². The van der Waals surface area contributed by atoms with Crippen LogP contribution in [0.15, 0.2) is 30.3 Å². The van der Waals surface area contributed by atoms with E-state index in [4.69, 9.17) is 0 Å². The maximum Gasteiger partial charge on any atom is 0.0661 e. The quantitative estimate of drug-likeness (QED) is 0.755. The number of anilines is 1. The summed E-state index contributed by atoms with van der Waals surface area (Å²) in [5.74, 6) is 0.623. The van der Waals surface area contributed by atoms with Gasteiger partial charge in [0.25, 0.3) is 0 Å². The van der Waals surface area contributed by atoms with Gasteiger partial charge in [0, 0.05) is 5.69 Å². The van der Waals surface area contributed by atoms with Gasteiger partial charge in [0.05, 0.1) is 12.1 Å². The molecule has 96 valence electrons. The van der Waals surface area contributed by atoms with E-state index in [9.17, 15) is 5.11 Å². The fraction of sp³-hybridized carbons (Fsp3) is 0.600. The summed E-state index contributed by atoms with van der Waals surface area (Å²) >= 11 is 0. The molecule has 2 heteroatoms. The van der Waals surface area contributed by atoms with Gasteiger partial charge < -0.3 is 10.4 Å². The predicted octanol–water partition coefficient (Wildman–Crippen LogP) is 3.68. The van der Waals surface area contributed by atoms with Gasteiger partial charge in [-0.3, -0.25) is 0 Å². The van der Waals surface area contributed by atoms with Crippen LogP contribution in [-0.2, 0) is 0 Å². The van der Waals surface area contributed by atoms with E-state index in [1.807, 2.05) is 18.2 Å². The zero-order valence-electron chi connectivity index (χ0n) is 11.2. The van der Waals surface area contributed by atoms with E-state index in [1.165, 1.54) is 0 Å². The Kier molecular flexibility index (Phi) is 5.49. The normalized spacial score (nSPS) is 16.2. The Morgan fingerprint density at radius 2 is 1.88 bits per heavy atom. The number of para-hydroxylation sites is 1. The van der Waals surface area contributed by atoms with Crippen molar-refractivity contribution in [3.05, 3.63) is 30.3 Å². The van der Waals surface area contributed by atoms with Gasteiger partial charge in [-0.2, -0.15) is 0 Å². The van der Waals surface area contributed by atoms with Crippen LogP contribution in [-0.4, -0.2) is 17.3 Å². The molecule has 0 aromatic heterocycles. The zero-order chi connectivity index (χ0) is 12.7. The molecule has 0 aliphatic heterocycles. The van der Waals surface area contributed by atoms with Gasteiger partial charge in [-0.15, -0.1) is 0 Å². The summed E-state index contributed by atoms with van der Waals surface area (Å²) in [4.78, 5) is 0. The fourth-order valence-corrected chi connectivity index (χ4v) is 2.14. The molecule has 0 spiro atoms. The molecule has 17 heavy (non-hydrogen) atoms. The second-order valence-electron chi connectivity index (χ2n) is 5.00. The van der Waals surface area contributed by atoms with Crippen molar-refractivity contribution in [2.24, 2.45) is 5.92 Å². The van der Waals surface area contributed by atoms with E-state index in [2.05, 4.69) is 38.2 Å². The minimum absolute atomic E-state index is 0.183. The molecule has 2 atom stereocenters. The largest absolute Gasteiger partial charge is 0.394 e. The molecule has 1 aromatic carbocycles. The van der Waals surface area contributed by atoms with Crippen LogP contribution in [0.1, 0.15) is 40.0 Å². The first-order chi connectivity index (χ1) is 8.15. The van der Waals surface area contributed by atoms with Crippen LogP contribution in [0.25, 0.3) is 0 Å². The highest BCUT2D eigenvalue weighted by Crippen LogP contribution is 2.26. The van der Waals surface area contributed by atoms with Crippen molar-refractivity contribution in [1.29, 1.82) is 0 Å². The molecular weight excluding hydrogens is 210 g/mol. The first kappa shape index (κ1) is 14.0. The van der Waals surface area contributed by atoms with E-state index in [-0.39, 0.29) is 12.1 Å². The molecule has 0 radical (unpaired) electrons. The van der Waals surface area contributed by atoms with Crippen LogP contribution in [0.3, 0.4) is 0 Å². The van der Waals surface area contributed by atoms with Gasteiger partial charge in [0.2, 0.25) is 0 Å². The zero-order valence-corrected chi connectivity index (χ0v) is 11.2. The molecule has 0 fully saturated rings. The summed E-state index contributed by atoms with van der Waals surface area (Å²) in [7, 11) is 0. The number of nitrogens with one attached hydrogen (secondary N) is 1. The summed E-state index contributed by atoms with van der Waals surface area (Å²) in [5.41, 5.74) is 0.906. The molecule has 2 nitrogen and oxygen atoms in total. The Bertz CT molecular complexity index is 306. The Balaban J connectivity index is 2.77. The van der Waals surface area contributed by atoms with E-state index in [0.717, 1.165) is 24.9 Å². The van der Waals surface area contributed by atoms with Gasteiger partial charge in [0.1, 0.15) is 0 Å². The SMILES string of the molecule is CCC(C)CC(CC)(CO)Nc1ccccc1. The topological polar surface area (TPSA) is 32.3 Å². The van der Waals surface area contributed by atoms with Gasteiger partial charge in [-0.25, -0.2) is 0 Å². The van der Waals surface area contributed by atoms with Crippen LogP contribution in [0, 0.1) is 5.92 Å². The summed E-state index contributed by atoms with van der Waals surface area (Å²) < 4.78 is 0. The Morgan fingerprint density at radius 3 is 2.35 bits per heavy atom. The highest BCUT2D eigenvalue weighted by molar-refractivity contribution is 5.45. The van der Waals surface area contributed by atoms with E-state index < -0.39 is 0 Å². The maximum absolute atomic E-state index is 9.72. The molecule has 2 unspecified atom stereocenters. The van der Waals surface area contributed by atoms with Crippen LogP contribution in [0.5, 0.6) is 0 Å². The molecule has 1 aromatic rings. The molecule has 0 bridgehead atoms. The maximum atomic E-state index is 9.72. The highest BCUT2D eigenvalue weighted by atomic mass is 16.3. The first-order valence-electron chi connectivity index (χ1n) is 6.60. The molecule has 0 aliphatic rings. The molecule has 0 heterocycles. The van der Waals surface area contributed by atoms with Crippen LogP contribution in [0.4, 0.5) is 5.69 Å². The Morgan fingerprint density at radius 1 is 1.24 bits per heavy atom. The molecule has 0 saturated heterocycles. The number of aliphatic hydroxyl groups is 1. The van der Waals surface area contributed by atoms with Crippen LogP contribution < -0.4 is 5.32 Å². The standard InChI is InChI=1S/C15H25NO/c1-4-13(3)11-15(5-2,12-17)16-14-9-7-6-8-10-14/h6-10,13,16-17H,4-5,11-12H2,1-3H3. The molecule has 2 N–H and O–H groups in total. The lowest BCUT2D eigenvalue weighted by Gasteiger charge is -2.35. The van der Waals surface area contributed by atoms with Gasteiger partial charge in [-0.05, 0) is 30.9 Å². The van der Waals surface area contributed by atoms with Crippen molar-refractivity contribution in [2.75, 3.05) is 11.9 Å². The average molecular weight is 235 g/mol. The summed E-state index contributed by atoms with van der Waals surface area (Å²) in [6.45, 7) is 6.76. The lowest BCUT2D eigenvalue weighted by atomic mass is 9.85. The smallest absolute Gasteiger partial charge is 0.0661 e. The minimum Gasteiger partial charge on any atom is -0.394 e. The summed E-state index contributed by atoms with van der Waals surface area (Å²) in [6.07, 6.45) is 3.09.